The molecule has 0 fully saturated rings. The van der Waals surface area contributed by atoms with Gasteiger partial charge in [0.25, 0.3) is 5.91 Å². The molecule has 0 aliphatic rings. The Labute approximate surface area is 138 Å². The largest absolute Gasteiger partial charge is 0.452 e. The zero-order chi connectivity index (χ0) is 16.7. The van der Waals surface area contributed by atoms with Crippen LogP contribution in [0, 0.1) is 5.82 Å². The molecule has 1 amide bonds. The van der Waals surface area contributed by atoms with Crippen molar-refractivity contribution in [3.63, 3.8) is 0 Å². The number of amides is 1. The Morgan fingerprint density at radius 1 is 1.13 bits per heavy atom. The molecule has 2 aromatic carbocycles. The van der Waals surface area contributed by atoms with Crippen LogP contribution in [0.5, 0.6) is 0 Å². The first-order valence-corrected chi connectivity index (χ1v) is 7.97. The highest BCUT2D eigenvalue weighted by Crippen LogP contribution is 2.17. The molecule has 0 aromatic heterocycles. The molecule has 23 heavy (non-hydrogen) atoms. The fraction of sp³-hybridized carbons (Fsp3) is 0.176. The lowest BCUT2D eigenvalue weighted by atomic mass is 10.3. The van der Waals surface area contributed by atoms with Crippen molar-refractivity contribution in [2.24, 2.45) is 0 Å². The average Bonchev–Trinajstić information content (AvgIpc) is 2.56. The highest BCUT2D eigenvalue weighted by atomic mass is 32.2. The molecule has 0 saturated heterocycles. The Balaban J connectivity index is 1.81. The molecule has 6 heteroatoms. The smallest absolute Gasteiger partial charge is 0.317 e. The number of ether oxygens (including phenoxy) is 1. The van der Waals surface area contributed by atoms with Crippen molar-refractivity contribution in [1.29, 1.82) is 0 Å². The van der Waals surface area contributed by atoms with Crippen LogP contribution in [0.3, 0.4) is 0 Å². The Morgan fingerprint density at radius 3 is 2.48 bits per heavy atom. The maximum absolute atomic E-state index is 13.5. The number of carbonyl (C=O) groups excluding carboxylic acids is 2. The second-order valence-corrected chi connectivity index (χ2v) is 5.75. The molecule has 0 aliphatic carbocycles. The molecule has 0 bridgehead atoms. The molecule has 2 rings (SSSR count). The van der Waals surface area contributed by atoms with Crippen molar-refractivity contribution in [2.45, 2.75) is 17.9 Å². The van der Waals surface area contributed by atoms with Gasteiger partial charge in [0.1, 0.15) is 5.82 Å². The van der Waals surface area contributed by atoms with Gasteiger partial charge in [-0.1, -0.05) is 30.3 Å². The lowest BCUT2D eigenvalue weighted by Crippen LogP contribution is -2.30. The van der Waals surface area contributed by atoms with E-state index in [1.165, 1.54) is 36.9 Å². The molecule has 2 aromatic rings. The van der Waals surface area contributed by atoms with E-state index in [-0.39, 0.29) is 11.4 Å². The van der Waals surface area contributed by atoms with Crippen molar-refractivity contribution in [3.05, 3.63) is 60.4 Å². The topological polar surface area (TPSA) is 55.4 Å². The number of para-hydroxylation sites is 1. The van der Waals surface area contributed by atoms with Gasteiger partial charge < -0.3 is 10.1 Å². The molecular formula is C17H16FNO3S. The van der Waals surface area contributed by atoms with Crippen molar-refractivity contribution in [2.75, 3.05) is 11.1 Å². The van der Waals surface area contributed by atoms with Crippen LogP contribution < -0.4 is 5.32 Å². The highest BCUT2D eigenvalue weighted by molar-refractivity contribution is 8.00. The molecule has 0 spiro atoms. The van der Waals surface area contributed by atoms with E-state index in [2.05, 4.69) is 5.32 Å². The number of hydrogen-bond acceptors (Lipinski definition) is 4. The summed E-state index contributed by atoms with van der Waals surface area (Å²) in [4.78, 5) is 24.6. The molecule has 120 valence electrons. The third-order valence-electron chi connectivity index (χ3n) is 2.91. The predicted octanol–water partition coefficient (Wildman–Crippen LogP) is 3.49. The second-order valence-electron chi connectivity index (χ2n) is 4.70. The Kier molecular flexibility index (Phi) is 6.17. The lowest BCUT2D eigenvalue weighted by molar-refractivity contribution is -0.150. The molecule has 1 N–H and O–H groups in total. The minimum Gasteiger partial charge on any atom is -0.452 e. The van der Waals surface area contributed by atoms with Crippen LogP contribution >= 0.6 is 11.8 Å². The van der Waals surface area contributed by atoms with E-state index in [1.807, 2.05) is 30.3 Å². The van der Waals surface area contributed by atoms with Gasteiger partial charge in [0.15, 0.2) is 6.10 Å². The van der Waals surface area contributed by atoms with E-state index in [0.29, 0.717) is 0 Å². The summed E-state index contributed by atoms with van der Waals surface area (Å²) in [5.41, 5.74) is 0.0547. The standard InChI is InChI=1S/C17H16FNO3S/c1-12(17(21)19-15-10-6-5-9-14(15)18)22-16(20)11-23-13-7-3-2-4-8-13/h2-10,12H,11H2,1H3,(H,19,21)/t12-/m0/s1. The van der Waals surface area contributed by atoms with Crippen LogP contribution in [-0.2, 0) is 14.3 Å². The summed E-state index contributed by atoms with van der Waals surface area (Å²) in [6, 6.07) is 15.2. The average molecular weight is 333 g/mol. The number of carbonyl (C=O) groups is 2. The number of halogens is 1. The minimum atomic E-state index is -1.00. The fourth-order valence-corrected chi connectivity index (χ4v) is 2.44. The zero-order valence-electron chi connectivity index (χ0n) is 12.5. The normalized spacial score (nSPS) is 11.6. The van der Waals surface area contributed by atoms with E-state index < -0.39 is 23.8 Å². The van der Waals surface area contributed by atoms with Crippen LogP contribution in [0.4, 0.5) is 10.1 Å². The van der Waals surface area contributed by atoms with Crippen molar-refractivity contribution in [3.8, 4) is 0 Å². The maximum atomic E-state index is 13.5. The van der Waals surface area contributed by atoms with Gasteiger partial charge in [-0.2, -0.15) is 0 Å². The van der Waals surface area contributed by atoms with Gasteiger partial charge in [-0.15, -0.1) is 11.8 Å². The summed E-state index contributed by atoms with van der Waals surface area (Å²) in [7, 11) is 0. The summed E-state index contributed by atoms with van der Waals surface area (Å²) >= 11 is 1.32. The summed E-state index contributed by atoms with van der Waals surface area (Å²) in [5, 5.41) is 2.39. The highest BCUT2D eigenvalue weighted by Gasteiger charge is 2.19. The number of benzene rings is 2. The lowest BCUT2D eigenvalue weighted by Gasteiger charge is -2.13. The minimum absolute atomic E-state index is 0.0547. The first-order valence-electron chi connectivity index (χ1n) is 6.99. The van der Waals surface area contributed by atoms with Crippen LogP contribution in [0.15, 0.2) is 59.5 Å². The molecule has 0 aliphatic heterocycles. The molecule has 0 heterocycles. The first-order chi connectivity index (χ1) is 11.1. The number of esters is 1. The number of rotatable bonds is 6. The number of hydrogen-bond donors (Lipinski definition) is 1. The van der Waals surface area contributed by atoms with Crippen molar-refractivity contribution >= 4 is 29.3 Å². The SMILES string of the molecule is C[C@H](OC(=O)CSc1ccccc1)C(=O)Nc1ccccc1F. The number of nitrogens with one attached hydrogen (secondary N) is 1. The number of thioether (sulfide) groups is 1. The zero-order valence-corrected chi connectivity index (χ0v) is 13.3. The Hall–Kier alpha value is -2.34. The van der Waals surface area contributed by atoms with E-state index in [1.54, 1.807) is 6.07 Å². The summed E-state index contributed by atoms with van der Waals surface area (Å²) in [5.74, 6) is -1.52. The monoisotopic (exact) mass is 333 g/mol. The summed E-state index contributed by atoms with van der Waals surface area (Å²) < 4.78 is 18.5. The first kappa shape index (κ1) is 17.0. The molecule has 0 saturated carbocycles. The summed E-state index contributed by atoms with van der Waals surface area (Å²) in [6.45, 7) is 1.45. The predicted molar refractivity (Wildman–Crippen MR) is 87.7 cm³/mol. The van der Waals surface area contributed by atoms with Gasteiger partial charge in [0, 0.05) is 4.90 Å². The third-order valence-corrected chi connectivity index (χ3v) is 3.89. The summed E-state index contributed by atoms with van der Waals surface area (Å²) in [6.07, 6.45) is -1.00. The molecule has 0 radical (unpaired) electrons. The van der Waals surface area contributed by atoms with E-state index in [4.69, 9.17) is 4.74 Å². The van der Waals surface area contributed by atoms with E-state index >= 15 is 0 Å². The van der Waals surface area contributed by atoms with E-state index in [0.717, 1.165) is 4.90 Å². The van der Waals surface area contributed by atoms with E-state index in [9.17, 15) is 14.0 Å². The number of anilines is 1. The van der Waals surface area contributed by atoms with Gasteiger partial charge in [-0.05, 0) is 31.2 Å². The molecule has 0 unspecified atom stereocenters. The van der Waals surface area contributed by atoms with Crippen LogP contribution in [0.2, 0.25) is 0 Å². The Bertz CT molecular complexity index is 679. The van der Waals surface area contributed by atoms with Gasteiger partial charge >= 0.3 is 5.97 Å². The van der Waals surface area contributed by atoms with Crippen molar-refractivity contribution < 1.29 is 18.7 Å². The molecule has 4 nitrogen and oxygen atoms in total. The van der Waals surface area contributed by atoms with Gasteiger partial charge in [0.05, 0.1) is 11.4 Å². The van der Waals surface area contributed by atoms with Gasteiger partial charge in [-0.25, -0.2) is 4.39 Å². The van der Waals surface area contributed by atoms with Crippen LogP contribution in [0.25, 0.3) is 0 Å². The van der Waals surface area contributed by atoms with Gasteiger partial charge in [0.2, 0.25) is 0 Å². The third kappa shape index (κ3) is 5.41. The second kappa shape index (κ2) is 8.33. The van der Waals surface area contributed by atoms with Crippen molar-refractivity contribution in [1.82, 2.24) is 0 Å². The Morgan fingerprint density at radius 2 is 1.78 bits per heavy atom. The van der Waals surface area contributed by atoms with Crippen LogP contribution in [0.1, 0.15) is 6.92 Å². The quantitative estimate of drug-likeness (QED) is 0.649. The van der Waals surface area contributed by atoms with Crippen LogP contribution in [-0.4, -0.2) is 23.7 Å². The fourth-order valence-electron chi connectivity index (χ4n) is 1.74. The molecular weight excluding hydrogens is 317 g/mol. The maximum Gasteiger partial charge on any atom is 0.317 e. The van der Waals surface area contributed by atoms with Gasteiger partial charge in [-0.3, -0.25) is 9.59 Å². The molecule has 1 atom stereocenters.